The standard InChI is InChI=1S/C61H43NS/c1-61(2)57-16-7-5-14-53(57)54-34-28-49(38-58(54)61)44-26-31-51(32-27-44)62(52-33-35-56-55-15-6-8-17-59(55)63-60(56)39-52)50-29-24-42(25-30-50)41-18-20-43(21-19-41)46-12-9-13-47(36-46)48-23-22-40-10-3-4-11-45(40)37-48/h3-39H,1-2H3. The van der Waals surface area contributed by atoms with Crippen molar-refractivity contribution in [3.63, 3.8) is 0 Å². The Balaban J connectivity index is 0.864. The first-order valence-electron chi connectivity index (χ1n) is 21.8. The minimum Gasteiger partial charge on any atom is -0.310 e. The molecule has 0 atom stereocenters. The number of anilines is 3. The fourth-order valence-electron chi connectivity index (χ4n) is 9.89. The van der Waals surface area contributed by atoms with Crippen LogP contribution in [-0.2, 0) is 5.41 Å². The maximum absolute atomic E-state index is 2.41. The van der Waals surface area contributed by atoms with Gasteiger partial charge < -0.3 is 4.90 Å². The summed E-state index contributed by atoms with van der Waals surface area (Å²) >= 11 is 1.86. The molecule has 1 nitrogen and oxygen atoms in total. The quantitative estimate of drug-likeness (QED) is 0.155. The average Bonchev–Trinajstić information content (AvgIpc) is 3.83. The first-order valence-corrected chi connectivity index (χ1v) is 22.6. The van der Waals surface area contributed by atoms with Crippen LogP contribution in [0, 0.1) is 0 Å². The van der Waals surface area contributed by atoms with Gasteiger partial charge >= 0.3 is 0 Å². The molecule has 0 saturated heterocycles. The van der Waals surface area contributed by atoms with Crippen LogP contribution in [0.3, 0.4) is 0 Å². The third kappa shape index (κ3) is 6.45. The normalized spacial score (nSPS) is 12.7. The molecule has 298 valence electrons. The van der Waals surface area contributed by atoms with Crippen molar-refractivity contribution in [1.82, 2.24) is 0 Å². The first-order chi connectivity index (χ1) is 30.9. The highest BCUT2D eigenvalue weighted by molar-refractivity contribution is 7.25. The summed E-state index contributed by atoms with van der Waals surface area (Å²) < 4.78 is 2.60. The number of hydrogen-bond donors (Lipinski definition) is 0. The molecule has 1 heterocycles. The highest BCUT2D eigenvalue weighted by Gasteiger charge is 2.35. The lowest BCUT2D eigenvalue weighted by Gasteiger charge is -2.26. The third-order valence-corrected chi connectivity index (χ3v) is 14.4. The summed E-state index contributed by atoms with van der Waals surface area (Å²) in [6, 6.07) is 82.8. The Morgan fingerprint density at radius 3 is 1.57 bits per heavy atom. The molecule has 0 unspecified atom stereocenters. The molecule has 63 heavy (non-hydrogen) atoms. The zero-order chi connectivity index (χ0) is 42.1. The smallest absolute Gasteiger partial charge is 0.0476 e. The van der Waals surface area contributed by atoms with Crippen LogP contribution >= 0.6 is 11.3 Å². The van der Waals surface area contributed by atoms with Crippen LogP contribution in [-0.4, -0.2) is 0 Å². The molecule has 12 rings (SSSR count). The summed E-state index contributed by atoms with van der Waals surface area (Å²) in [5.41, 5.74) is 18.6. The highest BCUT2D eigenvalue weighted by atomic mass is 32.1. The second-order valence-corrected chi connectivity index (χ2v) is 18.4. The number of nitrogens with zero attached hydrogens (tertiary/aromatic N) is 1. The van der Waals surface area contributed by atoms with E-state index in [1.807, 2.05) is 11.3 Å². The molecule has 0 fully saturated rings. The molecule has 0 saturated carbocycles. The van der Waals surface area contributed by atoms with Gasteiger partial charge in [0.05, 0.1) is 0 Å². The molecule has 0 N–H and O–H groups in total. The van der Waals surface area contributed by atoms with E-state index < -0.39 is 0 Å². The Morgan fingerprint density at radius 2 is 0.825 bits per heavy atom. The van der Waals surface area contributed by atoms with E-state index >= 15 is 0 Å². The van der Waals surface area contributed by atoms with Gasteiger partial charge in [-0.05, 0) is 138 Å². The maximum atomic E-state index is 2.41. The van der Waals surface area contributed by atoms with Crippen molar-refractivity contribution < 1.29 is 0 Å². The predicted octanol–water partition coefficient (Wildman–Crippen LogP) is 17.7. The van der Waals surface area contributed by atoms with Crippen LogP contribution in [0.15, 0.2) is 224 Å². The molecule has 1 aliphatic rings. The van der Waals surface area contributed by atoms with Crippen molar-refractivity contribution in [2.24, 2.45) is 0 Å². The van der Waals surface area contributed by atoms with Gasteiger partial charge in [-0.25, -0.2) is 0 Å². The molecule has 0 amide bonds. The molecule has 1 aliphatic carbocycles. The Morgan fingerprint density at radius 1 is 0.317 bits per heavy atom. The zero-order valence-electron chi connectivity index (χ0n) is 35.2. The lowest BCUT2D eigenvalue weighted by Crippen LogP contribution is -2.14. The van der Waals surface area contributed by atoms with Gasteiger partial charge in [-0.1, -0.05) is 178 Å². The van der Waals surface area contributed by atoms with E-state index in [4.69, 9.17) is 0 Å². The number of fused-ring (bicyclic) bond motifs is 7. The van der Waals surface area contributed by atoms with Crippen molar-refractivity contribution in [3.8, 4) is 55.6 Å². The molecule has 0 spiro atoms. The fourth-order valence-corrected chi connectivity index (χ4v) is 11.0. The van der Waals surface area contributed by atoms with Gasteiger partial charge in [0, 0.05) is 42.6 Å². The fraction of sp³-hybridized carbons (Fsp3) is 0.0492. The highest BCUT2D eigenvalue weighted by Crippen LogP contribution is 2.50. The van der Waals surface area contributed by atoms with Crippen LogP contribution in [0.2, 0.25) is 0 Å². The Kier molecular flexibility index (Phi) is 8.77. The van der Waals surface area contributed by atoms with Gasteiger partial charge in [0.2, 0.25) is 0 Å². The van der Waals surface area contributed by atoms with Crippen LogP contribution in [0.4, 0.5) is 17.1 Å². The van der Waals surface area contributed by atoms with Crippen LogP contribution in [0.5, 0.6) is 0 Å². The van der Waals surface area contributed by atoms with Gasteiger partial charge in [0.15, 0.2) is 0 Å². The van der Waals surface area contributed by atoms with Gasteiger partial charge in [-0.3, -0.25) is 0 Å². The average molecular weight is 822 g/mol. The van der Waals surface area contributed by atoms with Gasteiger partial charge in [-0.15, -0.1) is 11.3 Å². The minimum atomic E-state index is -0.0387. The van der Waals surface area contributed by atoms with E-state index in [1.54, 1.807) is 0 Å². The lowest BCUT2D eigenvalue weighted by molar-refractivity contribution is 0.660. The number of benzene rings is 10. The Bertz CT molecular complexity index is 3520. The molecule has 0 aliphatic heterocycles. The molecule has 11 aromatic rings. The van der Waals surface area contributed by atoms with E-state index in [2.05, 4.69) is 243 Å². The topological polar surface area (TPSA) is 3.24 Å². The molecule has 0 radical (unpaired) electrons. The molecule has 1 aromatic heterocycles. The lowest BCUT2D eigenvalue weighted by atomic mass is 9.81. The zero-order valence-corrected chi connectivity index (χ0v) is 36.0. The number of rotatable bonds is 7. The summed E-state index contributed by atoms with van der Waals surface area (Å²) in [4.78, 5) is 2.39. The molecular weight excluding hydrogens is 779 g/mol. The van der Waals surface area contributed by atoms with Crippen molar-refractivity contribution in [3.05, 3.63) is 236 Å². The van der Waals surface area contributed by atoms with Crippen molar-refractivity contribution in [1.29, 1.82) is 0 Å². The van der Waals surface area contributed by atoms with Crippen LogP contribution in [0.1, 0.15) is 25.0 Å². The maximum Gasteiger partial charge on any atom is 0.0476 e. The van der Waals surface area contributed by atoms with E-state index in [-0.39, 0.29) is 5.41 Å². The van der Waals surface area contributed by atoms with Gasteiger partial charge in [-0.2, -0.15) is 0 Å². The SMILES string of the molecule is CC1(C)c2ccccc2-c2ccc(-c3ccc(N(c4ccc(-c5ccc(-c6cccc(-c7ccc8ccccc8c7)c6)cc5)cc4)c4ccc5c(c4)sc4ccccc45)cc3)cc21. The van der Waals surface area contributed by atoms with E-state index in [1.165, 1.54) is 97.7 Å². The number of hydrogen-bond acceptors (Lipinski definition) is 2. The summed E-state index contributed by atoms with van der Waals surface area (Å²) in [5, 5.41) is 5.14. The largest absolute Gasteiger partial charge is 0.310 e. The minimum absolute atomic E-state index is 0.0387. The van der Waals surface area contributed by atoms with Gasteiger partial charge in [0.25, 0.3) is 0 Å². The molecule has 10 aromatic carbocycles. The van der Waals surface area contributed by atoms with E-state index in [0.717, 1.165) is 17.1 Å². The van der Waals surface area contributed by atoms with Crippen molar-refractivity contribution >= 4 is 59.3 Å². The van der Waals surface area contributed by atoms with Crippen molar-refractivity contribution in [2.75, 3.05) is 4.90 Å². The second kappa shape index (κ2) is 14.8. The monoisotopic (exact) mass is 821 g/mol. The van der Waals surface area contributed by atoms with Gasteiger partial charge in [0.1, 0.15) is 0 Å². The number of thiophene rings is 1. The third-order valence-electron chi connectivity index (χ3n) is 13.3. The van der Waals surface area contributed by atoms with Crippen LogP contribution in [0.25, 0.3) is 86.6 Å². The summed E-state index contributed by atoms with van der Waals surface area (Å²) in [6.45, 7) is 4.70. The predicted molar refractivity (Wildman–Crippen MR) is 271 cm³/mol. The van der Waals surface area contributed by atoms with Crippen molar-refractivity contribution in [2.45, 2.75) is 19.3 Å². The molecule has 2 heteroatoms. The molecule has 0 bridgehead atoms. The Labute approximate surface area is 372 Å². The Hall–Kier alpha value is -7.52. The summed E-state index contributed by atoms with van der Waals surface area (Å²) in [5.74, 6) is 0. The van der Waals surface area contributed by atoms with Crippen LogP contribution < -0.4 is 4.90 Å². The molecular formula is C61H43NS. The summed E-state index contributed by atoms with van der Waals surface area (Å²) in [6.07, 6.45) is 0. The van der Waals surface area contributed by atoms with E-state index in [9.17, 15) is 0 Å². The second-order valence-electron chi connectivity index (χ2n) is 17.4. The first kappa shape index (κ1) is 37.3. The summed E-state index contributed by atoms with van der Waals surface area (Å²) in [7, 11) is 0. The van der Waals surface area contributed by atoms with E-state index in [0.29, 0.717) is 0 Å².